The summed E-state index contributed by atoms with van der Waals surface area (Å²) in [5.74, 6) is 1.00. The fourth-order valence-electron chi connectivity index (χ4n) is 3.15. The van der Waals surface area contributed by atoms with Gasteiger partial charge in [0.2, 0.25) is 5.91 Å². The van der Waals surface area contributed by atoms with E-state index in [1.807, 2.05) is 29.2 Å². The molecule has 0 radical (unpaired) electrons. The number of nitrogens with zero attached hydrogens (tertiary/aromatic N) is 2. The molecule has 25 heavy (non-hydrogen) atoms. The van der Waals surface area contributed by atoms with Gasteiger partial charge in [0.1, 0.15) is 12.4 Å². The number of halogens is 3. The zero-order valence-electron chi connectivity index (χ0n) is 14.2. The summed E-state index contributed by atoms with van der Waals surface area (Å²) in [4.78, 5) is 16.7. The van der Waals surface area contributed by atoms with Crippen molar-refractivity contribution in [1.29, 1.82) is 0 Å². The van der Waals surface area contributed by atoms with E-state index in [0.29, 0.717) is 11.6 Å². The van der Waals surface area contributed by atoms with Crippen LogP contribution in [0.15, 0.2) is 24.3 Å². The van der Waals surface area contributed by atoms with E-state index in [0.717, 1.165) is 57.9 Å². The van der Waals surface area contributed by atoms with Crippen molar-refractivity contribution in [3.8, 4) is 5.75 Å². The van der Waals surface area contributed by atoms with Crippen LogP contribution in [-0.2, 0) is 4.79 Å². The molecule has 142 valence electrons. The number of rotatable bonds is 5. The number of ether oxygens (including phenoxy) is 1. The predicted octanol–water partition coefficient (Wildman–Crippen LogP) is 2.46. The summed E-state index contributed by atoms with van der Waals surface area (Å²) in [6.45, 7) is 5.87. The van der Waals surface area contributed by atoms with Gasteiger partial charge in [-0.3, -0.25) is 9.69 Å². The fraction of sp³-hybridized carbons (Fsp3) is 0.588. The molecule has 1 N–H and O–H groups in total. The predicted molar refractivity (Wildman–Crippen MR) is 105 cm³/mol. The van der Waals surface area contributed by atoms with Crippen molar-refractivity contribution < 1.29 is 9.53 Å². The first-order valence-corrected chi connectivity index (χ1v) is 8.74. The van der Waals surface area contributed by atoms with Crippen LogP contribution < -0.4 is 10.1 Å². The Kier molecular flexibility index (Phi) is 9.90. The van der Waals surface area contributed by atoms with Gasteiger partial charge in [-0.2, -0.15) is 0 Å². The normalized spacial score (nSPS) is 20.5. The highest BCUT2D eigenvalue weighted by Crippen LogP contribution is 2.22. The minimum absolute atomic E-state index is 0. The molecular weight excluding hydrogens is 385 g/mol. The first-order chi connectivity index (χ1) is 11.2. The van der Waals surface area contributed by atoms with Gasteiger partial charge in [-0.25, -0.2) is 0 Å². The van der Waals surface area contributed by atoms with Crippen molar-refractivity contribution in [3.63, 3.8) is 0 Å². The van der Waals surface area contributed by atoms with Gasteiger partial charge in [0, 0.05) is 32.7 Å². The third kappa shape index (κ3) is 6.19. The van der Waals surface area contributed by atoms with Crippen molar-refractivity contribution in [2.45, 2.75) is 18.9 Å². The standard InChI is InChI=1S/C17H24ClN3O2.2ClH/c18-14-4-1-2-6-16(14)23-13-12-20-8-10-21(11-9-20)17(22)15-5-3-7-19-15;;/h1-2,4,6,15,19H,3,5,7-13H2;2*1H. The Bertz CT molecular complexity index is 534. The van der Waals surface area contributed by atoms with Crippen LogP contribution in [0, 0.1) is 0 Å². The van der Waals surface area contributed by atoms with E-state index in [-0.39, 0.29) is 36.8 Å². The number of amides is 1. The van der Waals surface area contributed by atoms with Crippen LogP contribution >= 0.6 is 36.4 Å². The van der Waals surface area contributed by atoms with Gasteiger partial charge in [-0.05, 0) is 31.5 Å². The smallest absolute Gasteiger partial charge is 0.239 e. The largest absolute Gasteiger partial charge is 0.491 e. The number of carbonyl (C=O) groups excluding carboxylic acids is 1. The molecule has 0 aliphatic carbocycles. The first kappa shape index (κ1) is 22.3. The van der Waals surface area contributed by atoms with Crippen LogP contribution in [0.4, 0.5) is 0 Å². The Labute approximate surface area is 166 Å². The summed E-state index contributed by atoms with van der Waals surface area (Å²) >= 11 is 6.07. The summed E-state index contributed by atoms with van der Waals surface area (Å²) < 4.78 is 5.73. The fourth-order valence-corrected chi connectivity index (χ4v) is 3.34. The third-order valence-electron chi connectivity index (χ3n) is 4.54. The lowest BCUT2D eigenvalue weighted by molar-refractivity contribution is -0.134. The van der Waals surface area contributed by atoms with Crippen LogP contribution in [0.3, 0.4) is 0 Å². The highest BCUT2D eigenvalue weighted by molar-refractivity contribution is 6.32. The molecule has 0 spiro atoms. The third-order valence-corrected chi connectivity index (χ3v) is 4.86. The first-order valence-electron chi connectivity index (χ1n) is 8.36. The average molecular weight is 411 g/mol. The topological polar surface area (TPSA) is 44.8 Å². The van der Waals surface area contributed by atoms with Gasteiger partial charge in [-0.15, -0.1) is 24.8 Å². The van der Waals surface area contributed by atoms with Crippen LogP contribution in [0.2, 0.25) is 5.02 Å². The van der Waals surface area contributed by atoms with Gasteiger partial charge >= 0.3 is 0 Å². The molecule has 8 heteroatoms. The van der Waals surface area contributed by atoms with Crippen LogP contribution in [0.1, 0.15) is 12.8 Å². The van der Waals surface area contributed by atoms with E-state index in [2.05, 4.69) is 10.2 Å². The minimum atomic E-state index is 0. The van der Waals surface area contributed by atoms with Crippen LogP contribution in [0.25, 0.3) is 0 Å². The Balaban J connectivity index is 0.00000156. The number of piperazine rings is 1. The molecule has 1 unspecified atom stereocenters. The summed E-state index contributed by atoms with van der Waals surface area (Å²) in [6.07, 6.45) is 2.08. The molecule has 1 aromatic rings. The second-order valence-corrected chi connectivity index (χ2v) is 6.50. The quantitative estimate of drug-likeness (QED) is 0.810. The monoisotopic (exact) mass is 409 g/mol. The number of nitrogens with one attached hydrogen (secondary N) is 1. The van der Waals surface area contributed by atoms with E-state index >= 15 is 0 Å². The van der Waals surface area contributed by atoms with Crippen LogP contribution in [-0.4, -0.2) is 67.6 Å². The molecule has 0 aromatic heterocycles. The van der Waals surface area contributed by atoms with E-state index in [1.165, 1.54) is 0 Å². The van der Waals surface area contributed by atoms with Crippen molar-refractivity contribution in [1.82, 2.24) is 15.1 Å². The minimum Gasteiger partial charge on any atom is -0.491 e. The second-order valence-electron chi connectivity index (χ2n) is 6.09. The van der Waals surface area contributed by atoms with Crippen molar-refractivity contribution in [2.75, 3.05) is 45.9 Å². The summed E-state index contributed by atoms with van der Waals surface area (Å²) in [6, 6.07) is 7.57. The molecular formula is C17H26Cl3N3O2. The van der Waals surface area contributed by atoms with Gasteiger partial charge < -0.3 is 15.0 Å². The lowest BCUT2D eigenvalue weighted by Crippen LogP contribution is -2.53. The maximum atomic E-state index is 12.3. The molecule has 2 saturated heterocycles. The number of benzene rings is 1. The number of carbonyl (C=O) groups is 1. The van der Waals surface area contributed by atoms with Crippen LogP contribution in [0.5, 0.6) is 5.75 Å². The SMILES string of the molecule is Cl.Cl.O=C(C1CCCN1)N1CCN(CCOc2ccccc2Cl)CC1. The molecule has 2 fully saturated rings. The molecule has 0 bridgehead atoms. The Morgan fingerprint density at radius 1 is 1.20 bits per heavy atom. The Morgan fingerprint density at radius 2 is 1.92 bits per heavy atom. The zero-order valence-corrected chi connectivity index (χ0v) is 16.5. The molecule has 2 aliphatic rings. The number of hydrogen-bond acceptors (Lipinski definition) is 4. The number of hydrogen-bond donors (Lipinski definition) is 1. The maximum Gasteiger partial charge on any atom is 0.239 e. The van der Waals surface area contributed by atoms with E-state index in [1.54, 1.807) is 0 Å². The van der Waals surface area contributed by atoms with E-state index < -0.39 is 0 Å². The molecule has 5 nitrogen and oxygen atoms in total. The summed E-state index contributed by atoms with van der Waals surface area (Å²) in [5, 5.41) is 3.93. The van der Waals surface area contributed by atoms with Gasteiger partial charge in [0.05, 0.1) is 11.1 Å². The Hall–Kier alpha value is -0.720. The highest BCUT2D eigenvalue weighted by Gasteiger charge is 2.28. The zero-order chi connectivity index (χ0) is 16.1. The maximum absolute atomic E-state index is 12.3. The molecule has 1 amide bonds. The average Bonchev–Trinajstić information content (AvgIpc) is 3.11. The highest BCUT2D eigenvalue weighted by atomic mass is 35.5. The lowest BCUT2D eigenvalue weighted by Gasteiger charge is -2.35. The molecule has 2 heterocycles. The molecule has 1 atom stereocenters. The number of para-hydroxylation sites is 1. The summed E-state index contributed by atoms with van der Waals surface area (Å²) in [5.41, 5.74) is 0. The van der Waals surface area contributed by atoms with Gasteiger partial charge in [-0.1, -0.05) is 23.7 Å². The second kappa shape index (κ2) is 11.1. The van der Waals surface area contributed by atoms with Gasteiger partial charge in [0.15, 0.2) is 0 Å². The molecule has 3 rings (SSSR count). The van der Waals surface area contributed by atoms with Crippen molar-refractivity contribution in [3.05, 3.63) is 29.3 Å². The van der Waals surface area contributed by atoms with Crippen molar-refractivity contribution in [2.24, 2.45) is 0 Å². The van der Waals surface area contributed by atoms with Gasteiger partial charge in [0.25, 0.3) is 0 Å². The Morgan fingerprint density at radius 3 is 2.56 bits per heavy atom. The summed E-state index contributed by atoms with van der Waals surface area (Å²) in [7, 11) is 0. The van der Waals surface area contributed by atoms with E-state index in [4.69, 9.17) is 16.3 Å². The van der Waals surface area contributed by atoms with E-state index in [9.17, 15) is 4.79 Å². The molecule has 0 saturated carbocycles. The molecule has 1 aromatic carbocycles. The van der Waals surface area contributed by atoms with Crippen molar-refractivity contribution >= 4 is 42.3 Å². The lowest BCUT2D eigenvalue weighted by atomic mass is 10.2. The molecule has 2 aliphatic heterocycles.